The van der Waals surface area contributed by atoms with E-state index >= 15 is 0 Å². The Balaban J connectivity index is 3.01. The summed E-state index contributed by atoms with van der Waals surface area (Å²) in [6.07, 6.45) is 0.902. The molecule has 1 aromatic rings. The fraction of sp³-hybridized carbons (Fsp3) is 0.500. The Labute approximate surface area is 96.1 Å². The molecule has 0 saturated heterocycles. The Morgan fingerprint density at radius 3 is 2.50 bits per heavy atom. The molecule has 0 bridgehead atoms. The predicted molar refractivity (Wildman–Crippen MR) is 61.9 cm³/mol. The van der Waals surface area contributed by atoms with Crippen LogP contribution in [0, 0.1) is 0 Å². The second kappa shape index (κ2) is 4.55. The molecule has 1 aromatic heterocycles. The molecule has 1 heterocycles. The van der Waals surface area contributed by atoms with E-state index in [0.717, 1.165) is 4.47 Å². The fourth-order valence-electron chi connectivity index (χ4n) is 1.24. The monoisotopic (exact) mass is 276 g/mol. The third-order valence-electron chi connectivity index (χ3n) is 2.42. The van der Waals surface area contributed by atoms with Gasteiger partial charge >= 0.3 is 0 Å². The molecule has 0 aromatic carbocycles. The van der Waals surface area contributed by atoms with E-state index in [1.165, 1.54) is 11.3 Å². The second-order valence-electron chi connectivity index (χ2n) is 3.17. The zero-order valence-electron chi connectivity index (χ0n) is 8.21. The molecule has 0 aliphatic carbocycles. The van der Waals surface area contributed by atoms with Gasteiger partial charge in [0, 0.05) is 4.47 Å². The van der Waals surface area contributed by atoms with Crippen LogP contribution in [-0.2, 0) is 0 Å². The highest BCUT2D eigenvalue weighted by atomic mass is 79.9. The van der Waals surface area contributed by atoms with E-state index in [2.05, 4.69) is 15.9 Å². The summed E-state index contributed by atoms with van der Waals surface area (Å²) >= 11 is 4.66. The highest BCUT2D eigenvalue weighted by Crippen LogP contribution is 2.29. The standard InChI is InChI=1S/C10H13BrO2S/c1-3-10(13,4-2)9(12)8-7(11)5-6-14-8/h5-6,13H,3-4H2,1-2H3. The number of halogens is 1. The van der Waals surface area contributed by atoms with Crippen LogP contribution in [0.25, 0.3) is 0 Å². The van der Waals surface area contributed by atoms with Crippen LogP contribution in [0.1, 0.15) is 36.4 Å². The van der Waals surface area contributed by atoms with Crippen molar-refractivity contribution in [2.24, 2.45) is 0 Å². The minimum absolute atomic E-state index is 0.177. The SMILES string of the molecule is CCC(O)(CC)C(=O)c1sccc1Br. The maximum absolute atomic E-state index is 11.9. The highest BCUT2D eigenvalue weighted by molar-refractivity contribution is 9.10. The van der Waals surface area contributed by atoms with E-state index < -0.39 is 5.60 Å². The van der Waals surface area contributed by atoms with Crippen molar-refractivity contribution in [3.8, 4) is 0 Å². The van der Waals surface area contributed by atoms with E-state index in [1.807, 2.05) is 25.3 Å². The fourth-order valence-corrected chi connectivity index (χ4v) is 2.82. The molecule has 0 unspecified atom stereocenters. The molecule has 1 rings (SSSR count). The molecule has 14 heavy (non-hydrogen) atoms. The van der Waals surface area contributed by atoms with Gasteiger partial charge in [0.05, 0.1) is 4.88 Å². The Morgan fingerprint density at radius 1 is 1.57 bits per heavy atom. The van der Waals surface area contributed by atoms with Crippen molar-refractivity contribution in [2.45, 2.75) is 32.3 Å². The molecule has 0 fully saturated rings. The Bertz CT molecular complexity index is 329. The summed E-state index contributed by atoms with van der Waals surface area (Å²) in [4.78, 5) is 12.5. The Kier molecular flexibility index (Phi) is 3.86. The van der Waals surface area contributed by atoms with E-state index in [0.29, 0.717) is 17.7 Å². The first-order valence-corrected chi connectivity index (χ1v) is 6.22. The molecule has 0 radical (unpaired) electrons. The minimum atomic E-state index is -1.20. The van der Waals surface area contributed by atoms with Crippen LogP contribution in [0.2, 0.25) is 0 Å². The lowest BCUT2D eigenvalue weighted by atomic mass is 9.91. The molecule has 0 spiro atoms. The summed E-state index contributed by atoms with van der Waals surface area (Å²) in [5, 5.41) is 11.9. The van der Waals surface area contributed by atoms with E-state index in [1.54, 1.807) is 0 Å². The lowest BCUT2D eigenvalue weighted by Gasteiger charge is -2.22. The summed E-state index contributed by atoms with van der Waals surface area (Å²) in [5.41, 5.74) is -1.20. The molecule has 0 saturated carbocycles. The second-order valence-corrected chi connectivity index (χ2v) is 4.94. The average molecular weight is 277 g/mol. The first kappa shape index (κ1) is 11.9. The van der Waals surface area contributed by atoms with Gasteiger partial charge < -0.3 is 5.11 Å². The molecular weight excluding hydrogens is 264 g/mol. The molecule has 0 amide bonds. The van der Waals surface area contributed by atoms with Crippen LogP contribution in [0.5, 0.6) is 0 Å². The van der Waals surface area contributed by atoms with Crippen molar-refractivity contribution < 1.29 is 9.90 Å². The Hall–Kier alpha value is -0.190. The summed E-state index contributed by atoms with van der Waals surface area (Å²) < 4.78 is 0.771. The number of hydrogen-bond acceptors (Lipinski definition) is 3. The Morgan fingerprint density at radius 2 is 2.14 bits per heavy atom. The summed E-state index contributed by atoms with van der Waals surface area (Å²) in [6.45, 7) is 3.64. The number of carbonyl (C=O) groups is 1. The van der Waals surface area contributed by atoms with Crippen molar-refractivity contribution in [3.05, 3.63) is 20.8 Å². The quantitative estimate of drug-likeness (QED) is 0.858. The number of thiophene rings is 1. The van der Waals surface area contributed by atoms with Crippen molar-refractivity contribution in [1.82, 2.24) is 0 Å². The van der Waals surface area contributed by atoms with Crippen molar-refractivity contribution >= 4 is 33.0 Å². The van der Waals surface area contributed by atoms with E-state index in [9.17, 15) is 9.90 Å². The van der Waals surface area contributed by atoms with Gasteiger partial charge in [0.1, 0.15) is 5.60 Å². The molecule has 0 aliphatic heterocycles. The number of ketones is 1. The number of rotatable bonds is 4. The van der Waals surface area contributed by atoms with Gasteiger partial charge in [-0.2, -0.15) is 0 Å². The number of carbonyl (C=O) groups excluding carboxylic acids is 1. The van der Waals surface area contributed by atoms with Crippen LogP contribution in [0.4, 0.5) is 0 Å². The smallest absolute Gasteiger partial charge is 0.205 e. The molecule has 78 valence electrons. The first-order valence-electron chi connectivity index (χ1n) is 4.55. The van der Waals surface area contributed by atoms with Gasteiger partial charge in [-0.05, 0) is 40.2 Å². The number of aliphatic hydroxyl groups is 1. The van der Waals surface area contributed by atoms with Gasteiger partial charge in [0.15, 0.2) is 0 Å². The summed E-state index contributed by atoms with van der Waals surface area (Å²) in [5.74, 6) is -0.177. The molecular formula is C10H13BrO2S. The van der Waals surface area contributed by atoms with Gasteiger partial charge in [0.2, 0.25) is 5.78 Å². The molecule has 2 nitrogen and oxygen atoms in total. The third kappa shape index (κ3) is 2.07. The number of hydrogen-bond donors (Lipinski definition) is 1. The average Bonchev–Trinajstić information content (AvgIpc) is 2.62. The topological polar surface area (TPSA) is 37.3 Å². The molecule has 0 aliphatic rings. The molecule has 1 N–H and O–H groups in total. The van der Waals surface area contributed by atoms with E-state index in [4.69, 9.17) is 0 Å². The van der Waals surface area contributed by atoms with Crippen LogP contribution in [0.3, 0.4) is 0 Å². The van der Waals surface area contributed by atoms with Crippen LogP contribution in [0.15, 0.2) is 15.9 Å². The molecule has 0 atom stereocenters. The molecule has 4 heteroatoms. The summed E-state index contributed by atoms with van der Waals surface area (Å²) in [7, 11) is 0. The van der Waals surface area contributed by atoms with Gasteiger partial charge in [-0.3, -0.25) is 4.79 Å². The third-order valence-corrected chi connectivity index (χ3v) is 4.25. The zero-order chi connectivity index (χ0) is 10.8. The van der Waals surface area contributed by atoms with Gasteiger partial charge in [0.25, 0.3) is 0 Å². The van der Waals surface area contributed by atoms with Crippen molar-refractivity contribution in [2.75, 3.05) is 0 Å². The highest BCUT2D eigenvalue weighted by Gasteiger charge is 2.34. The predicted octanol–water partition coefficient (Wildman–Crippen LogP) is 3.24. The van der Waals surface area contributed by atoms with Crippen molar-refractivity contribution in [1.29, 1.82) is 0 Å². The van der Waals surface area contributed by atoms with Gasteiger partial charge in [-0.15, -0.1) is 11.3 Å². The van der Waals surface area contributed by atoms with Crippen molar-refractivity contribution in [3.63, 3.8) is 0 Å². The zero-order valence-corrected chi connectivity index (χ0v) is 10.6. The van der Waals surface area contributed by atoms with Crippen LogP contribution < -0.4 is 0 Å². The maximum Gasteiger partial charge on any atom is 0.205 e. The largest absolute Gasteiger partial charge is 0.382 e. The number of Topliss-reactive ketones (excluding diaryl/α,β-unsaturated/α-hetero) is 1. The first-order chi connectivity index (χ1) is 6.55. The minimum Gasteiger partial charge on any atom is -0.382 e. The van der Waals surface area contributed by atoms with Crippen LogP contribution >= 0.6 is 27.3 Å². The summed E-state index contributed by atoms with van der Waals surface area (Å²) in [6, 6.07) is 1.82. The lowest BCUT2D eigenvalue weighted by Crippen LogP contribution is -2.36. The van der Waals surface area contributed by atoms with Crippen LogP contribution in [-0.4, -0.2) is 16.5 Å². The van der Waals surface area contributed by atoms with Gasteiger partial charge in [-0.1, -0.05) is 13.8 Å². The van der Waals surface area contributed by atoms with E-state index in [-0.39, 0.29) is 5.78 Å². The maximum atomic E-state index is 11.9. The normalized spacial score (nSPS) is 11.7. The van der Waals surface area contributed by atoms with Gasteiger partial charge in [-0.25, -0.2) is 0 Å². The lowest BCUT2D eigenvalue weighted by molar-refractivity contribution is 0.0281.